The molecule has 3 fully saturated rings. The van der Waals surface area contributed by atoms with Gasteiger partial charge in [-0.25, -0.2) is 4.79 Å². The molecule has 0 bridgehead atoms. The molecule has 3 heterocycles. The average Bonchev–Trinajstić information content (AvgIpc) is 3.21. The van der Waals surface area contributed by atoms with Crippen LogP contribution in [0.4, 0.5) is 0 Å². The van der Waals surface area contributed by atoms with E-state index in [1.54, 1.807) is 24.3 Å². The average molecular weight is 850 g/mol. The molecule has 0 unspecified atom stereocenters. The third-order valence-corrected chi connectivity index (χ3v) is 9.66. The summed E-state index contributed by atoms with van der Waals surface area (Å²) in [7, 11) is 1.11. The van der Waals surface area contributed by atoms with Crippen molar-refractivity contribution in [2.75, 3.05) is 13.7 Å². The monoisotopic (exact) mass is 848 g/mol. The predicted molar refractivity (Wildman–Crippen MR) is 202 cm³/mol. The van der Waals surface area contributed by atoms with E-state index in [4.69, 9.17) is 87.6 Å². The summed E-state index contributed by atoms with van der Waals surface area (Å²) in [6.45, 7) is 1.10. The Balaban J connectivity index is 1.38. The summed E-state index contributed by atoms with van der Waals surface area (Å²) >= 11 is 17.8. The largest absolute Gasteiger partial charge is 0.467 e. The molecule has 0 amide bonds. The molecule has 19 heteroatoms. The fraction of sp³-hybridized carbons (Fsp3) is 0.447. The summed E-state index contributed by atoms with van der Waals surface area (Å²) in [5, 5.41) is 12.3. The van der Waals surface area contributed by atoms with E-state index in [2.05, 4.69) is 10.0 Å². The number of hydrogen-bond acceptors (Lipinski definition) is 14. The Kier molecular flexibility index (Phi) is 14.6. The van der Waals surface area contributed by atoms with Crippen molar-refractivity contribution in [2.45, 2.75) is 91.6 Å². The highest BCUT2D eigenvalue weighted by molar-refractivity contribution is 6.76. The first-order valence-corrected chi connectivity index (χ1v) is 18.8. The molecular weight excluding hydrogens is 811 g/mol. The minimum absolute atomic E-state index is 0.00106. The van der Waals surface area contributed by atoms with Gasteiger partial charge in [0.25, 0.3) is 3.79 Å². The van der Waals surface area contributed by atoms with Crippen molar-refractivity contribution in [1.29, 1.82) is 5.41 Å². The summed E-state index contributed by atoms with van der Waals surface area (Å²) in [5.74, 6) is -2.71. The molecule has 304 valence electrons. The van der Waals surface area contributed by atoms with Gasteiger partial charge in [0.2, 0.25) is 12.2 Å². The Morgan fingerprint density at radius 1 is 0.825 bits per heavy atom. The third kappa shape index (κ3) is 10.7. The minimum atomic E-state index is -2.37. The quantitative estimate of drug-likeness (QED) is 0.0386. The molecule has 3 aromatic rings. The lowest BCUT2D eigenvalue weighted by atomic mass is 9.94. The van der Waals surface area contributed by atoms with Crippen molar-refractivity contribution in [3.8, 4) is 0 Å². The lowest BCUT2D eigenvalue weighted by Crippen LogP contribution is -2.67. The molecule has 3 aliphatic heterocycles. The number of rotatable bonds is 13. The third-order valence-electron chi connectivity index (χ3n) is 9.15. The van der Waals surface area contributed by atoms with Crippen LogP contribution in [-0.4, -0.2) is 96.7 Å². The van der Waals surface area contributed by atoms with E-state index >= 15 is 0 Å². The molecule has 0 radical (unpaired) electrons. The summed E-state index contributed by atoms with van der Waals surface area (Å²) in [5.41, 5.74) is 12.2. The first-order valence-electron chi connectivity index (χ1n) is 17.7. The number of esters is 2. The second kappa shape index (κ2) is 19.6. The maximum Gasteiger partial charge on any atom is 0.338 e. The van der Waals surface area contributed by atoms with E-state index < -0.39 is 89.3 Å². The number of carbonyl (C=O) groups is 2. The van der Waals surface area contributed by atoms with Crippen LogP contribution < -0.4 is 0 Å². The Morgan fingerprint density at radius 2 is 1.42 bits per heavy atom. The summed E-state index contributed by atoms with van der Waals surface area (Å²) in [4.78, 5) is 29.3. The number of nitrogens with zero attached hydrogens (tertiary/aromatic N) is 3. The van der Waals surface area contributed by atoms with Gasteiger partial charge in [-0.1, -0.05) is 131 Å². The molecule has 3 aliphatic rings. The fourth-order valence-corrected chi connectivity index (χ4v) is 6.70. The van der Waals surface area contributed by atoms with Gasteiger partial charge in [0.1, 0.15) is 36.6 Å². The zero-order chi connectivity index (χ0) is 40.5. The van der Waals surface area contributed by atoms with Crippen LogP contribution in [0.3, 0.4) is 0 Å². The van der Waals surface area contributed by atoms with Crippen molar-refractivity contribution in [1.82, 2.24) is 0 Å². The van der Waals surface area contributed by atoms with Crippen LogP contribution in [-0.2, 0) is 70.2 Å². The second-order valence-electron chi connectivity index (χ2n) is 13.0. The molecule has 11 atom stereocenters. The number of hydrogen-bond donors (Lipinski definition) is 1. The minimum Gasteiger partial charge on any atom is -0.467 e. The van der Waals surface area contributed by atoms with Gasteiger partial charge in [0.05, 0.1) is 26.9 Å². The van der Waals surface area contributed by atoms with E-state index in [0.717, 1.165) is 25.2 Å². The molecule has 3 aromatic carbocycles. The number of azide groups is 1. The van der Waals surface area contributed by atoms with Crippen LogP contribution in [0, 0.1) is 5.41 Å². The molecule has 0 spiro atoms. The van der Waals surface area contributed by atoms with E-state index in [0.29, 0.717) is 5.56 Å². The topological polar surface area (TPSA) is 199 Å². The smallest absolute Gasteiger partial charge is 0.338 e. The van der Waals surface area contributed by atoms with Gasteiger partial charge in [0.15, 0.2) is 24.8 Å². The molecule has 16 nitrogen and oxygen atoms in total. The van der Waals surface area contributed by atoms with Crippen LogP contribution in [0.1, 0.15) is 29.9 Å². The standard InChI is InChI=1S/C38H39Cl3N4O12/c1-21(46)52-32-29(50-19-23-14-8-4-9-15-23)30(31(33(47)48-2)56-36(32)57-37(42)38(39,40)41)55-35-26(44-45-43)28(49-18-22-12-6-3-7-13-22)27-25(53-35)20-51-34(54-27)24-16-10-5-11-17-24/h3-17,25-32,34-36,42H,18-20H2,1-2H3/t25-,26-,27-,28-,29+,30+,31-,32-,34-,35-,36-/m1/s1. The van der Waals surface area contributed by atoms with Crippen molar-refractivity contribution in [3.05, 3.63) is 118 Å². The van der Waals surface area contributed by atoms with Gasteiger partial charge in [-0.05, 0) is 16.7 Å². The van der Waals surface area contributed by atoms with Crippen LogP contribution in [0.15, 0.2) is 96.1 Å². The fourth-order valence-electron chi connectivity index (χ4n) is 6.56. The number of fused-ring (bicyclic) bond motifs is 1. The van der Waals surface area contributed by atoms with Crippen LogP contribution in [0.5, 0.6) is 0 Å². The number of nitrogens with one attached hydrogen (secondary N) is 1. The first-order chi connectivity index (χ1) is 27.5. The predicted octanol–water partition coefficient (Wildman–Crippen LogP) is 6.25. The first kappa shape index (κ1) is 42.6. The number of halogens is 3. The van der Waals surface area contributed by atoms with Gasteiger partial charge >= 0.3 is 11.9 Å². The maximum atomic E-state index is 13.6. The van der Waals surface area contributed by atoms with E-state index in [9.17, 15) is 15.1 Å². The lowest BCUT2D eigenvalue weighted by Gasteiger charge is -2.50. The number of alkyl halides is 3. The summed E-state index contributed by atoms with van der Waals surface area (Å²) in [6, 6.07) is 26.3. The zero-order valence-corrected chi connectivity index (χ0v) is 32.8. The van der Waals surface area contributed by atoms with Crippen molar-refractivity contribution >= 4 is 52.6 Å². The Bertz CT molecular complexity index is 1860. The molecule has 0 aliphatic carbocycles. The summed E-state index contributed by atoms with van der Waals surface area (Å²) in [6.07, 6.45) is -13.0. The molecular formula is C38H39Cl3N4O12. The van der Waals surface area contributed by atoms with Crippen molar-refractivity contribution < 1.29 is 57.0 Å². The molecule has 1 N–H and O–H groups in total. The van der Waals surface area contributed by atoms with Gasteiger partial charge in [0, 0.05) is 17.4 Å². The van der Waals surface area contributed by atoms with Crippen LogP contribution in [0.25, 0.3) is 10.4 Å². The highest BCUT2D eigenvalue weighted by atomic mass is 35.6. The SMILES string of the molecule is COC(=O)[C@@H]1O[C@H](OC(=N)C(Cl)(Cl)Cl)[C@H](OC(C)=O)[C@@H](OCc2ccccc2)[C@@H]1O[C@H]1O[C@@H]2CO[C@@H](c3ccccc3)O[C@H]2[C@H](OCc2ccccc2)[C@H]1N=[N+]=[N-]. The van der Waals surface area contributed by atoms with Crippen molar-refractivity contribution in [2.24, 2.45) is 5.11 Å². The Hall–Kier alpha value is -4.03. The van der Waals surface area contributed by atoms with Crippen molar-refractivity contribution in [3.63, 3.8) is 0 Å². The van der Waals surface area contributed by atoms with Gasteiger partial charge < -0.3 is 47.4 Å². The number of benzene rings is 3. The summed E-state index contributed by atoms with van der Waals surface area (Å²) < 4.78 is 58.4. The number of ether oxygens (including phenoxy) is 10. The zero-order valence-electron chi connectivity index (χ0n) is 30.5. The highest BCUT2D eigenvalue weighted by Gasteiger charge is 2.58. The molecule has 57 heavy (non-hydrogen) atoms. The van der Waals surface area contributed by atoms with Gasteiger partial charge in [-0.3, -0.25) is 10.2 Å². The molecule has 0 saturated carbocycles. The number of carbonyl (C=O) groups excluding carboxylic acids is 2. The Labute approximate surface area is 342 Å². The molecule has 3 saturated heterocycles. The second-order valence-corrected chi connectivity index (χ2v) is 15.3. The molecule has 6 rings (SSSR count). The number of methoxy groups -OCH3 is 1. The maximum absolute atomic E-state index is 13.6. The van der Waals surface area contributed by atoms with E-state index in [-0.39, 0.29) is 19.8 Å². The Morgan fingerprint density at radius 3 is 1.98 bits per heavy atom. The van der Waals surface area contributed by atoms with Gasteiger partial charge in [-0.15, -0.1) is 0 Å². The van der Waals surface area contributed by atoms with Gasteiger partial charge in [-0.2, -0.15) is 0 Å². The van der Waals surface area contributed by atoms with Crippen LogP contribution in [0.2, 0.25) is 0 Å². The van der Waals surface area contributed by atoms with E-state index in [1.165, 1.54) is 0 Å². The van der Waals surface area contributed by atoms with Crippen LogP contribution >= 0.6 is 34.8 Å². The highest BCUT2D eigenvalue weighted by Crippen LogP contribution is 2.40. The normalized spacial score (nSPS) is 29.9. The van der Waals surface area contributed by atoms with E-state index in [1.807, 2.05) is 66.7 Å². The molecule has 0 aromatic heterocycles. The lowest BCUT2D eigenvalue weighted by molar-refractivity contribution is -0.369.